The topological polar surface area (TPSA) is 114 Å². The number of hydrogen-bond donors (Lipinski definition) is 2. The third-order valence-electron chi connectivity index (χ3n) is 8.01. The highest BCUT2D eigenvalue weighted by Gasteiger charge is 2.43. The third-order valence-corrected chi connectivity index (χ3v) is 8.01. The Labute approximate surface area is 231 Å². The molecule has 0 saturated carbocycles. The van der Waals surface area contributed by atoms with E-state index in [1.54, 1.807) is 7.11 Å². The SMILES string of the molecule is COCCCC[C@@](O)(c1ccccc1Oc1ccccc1C)[C@@H]1CCCN(C(=C[N+](=O)[O-])N2CC[C@@H](N)C2)C1. The summed E-state index contributed by atoms with van der Waals surface area (Å²) in [6.45, 7) is 5.11. The number of methoxy groups -OCH3 is 1. The van der Waals surface area contributed by atoms with Gasteiger partial charge in [-0.1, -0.05) is 36.4 Å². The third kappa shape index (κ3) is 7.09. The van der Waals surface area contributed by atoms with E-state index in [9.17, 15) is 15.2 Å². The molecule has 3 N–H and O–H groups in total. The second kappa shape index (κ2) is 13.3. The van der Waals surface area contributed by atoms with Crippen LogP contribution in [0, 0.1) is 23.0 Å². The van der Waals surface area contributed by atoms with E-state index in [1.807, 2.05) is 60.4 Å². The molecule has 39 heavy (non-hydrogen) atoms. The zero-order valence-electron chi connectivity index (χ0n) is 23.1. The van der Waals surface area contributed by atoms with Gasteiger partial charge in [-0.2, -0.15) is 0 Å². The number of nitro groups is 1. The fourth-order valence-corrected chi connectivity index (χ4v) is 5.93. The van der Waals surface area contributed by atoms with E-state index < -0.39 is 5.60 Å². The Kier molecular flexibility index (Phi) is 9.83. The molecular formula is C30H42N4O5. The zero-order chi connectivity index (χ0) is 27.8. The largest absolute Gasteiger partial charge is 0.457 e. The lowest BCUT2D eigenvalue weighted by Crippen LogP contribution is -2.48. The van der Waals surface area contributed by atoms with Gasteiger partial charge in [0.2, 0.25) is 0 Å². The number of aliphatic hydroxyl groups is 1. The molecule has 9 heteroatoms. The van der Waals surface area contributed by atoms with E-state index in [1.165, 1.54) is 0 Å². The summed E-state index contributed by atoms with van der Waals surface area (Å²) in [5, 5.41) is 24.2. The number of nitrogens with zero attached hydrogens (tertiary/aromatic N) is 3. The van der Waals surface area contributed by atoms with Crippen molar-refractivity contribution in [2.75, 3.05) is 39.9 Å². The molecule has 212 valence electrons. The molecule has 2 saturated heterocycles. The van der Waals surface area contributed by atoms with E-state index in [0.717, 1.165) is 55.2 Å². The molecule has 2 aliphatic rings. The lowest BCUT2D eigenvalue weighted by atomic mass is 9.73. The molecule has 2 fully saturated rings. The molecule has 0 aromatic heterocycles. The predicted octanol–water partition coefficient (Wildman–Crippen LogP) is 4.61. The van der Waals surface area contributed by atoms with Crippen LogP contribution in [-0.2, 0) is 10.3 Å². The average molecular weight is 539 g/mol. The number of hydrogen-bond acceptors (Lipinski definition) is 8. The van der Waals surface area contributed by atoms with Gasteiger partial charge >= 0.3 is 0 Å². The second-order valence-electron chi connectivity index (χ2n) is 10.8. The van der Waals surface area contributed by atoms with Gasteiger partial charge in [-0.15, -0.1) is 0 Å². The van der Waals surface area contributed by atoms with Crippen molar-refractivity contribution in [2.24, 2.45) is 11.7 Å². The summed E-state index contributed by atoms with van der Waals surface area (Å²) in [6, 6.07) is 15.6. The number of ether oxygens (including phenoxy) is 2. The lowest BCUT2D eigenvalue weighted by molar-refractivity contribution is -0.405. The Balaban J connectivity index is 1.67. The zero-order valence-corrected chi connectivity index (χ0v) is 23.1. The van der Waals surface area contributed by atoms with Crippen LogP contribution >= 0.6 is 0 Å². The quantitative estimate of drug-likeness (QED) is 0.229. The first kappa shape index (κ1) is 28.9. The summed E-state index contributed by atoms with van der Waals surface area (Å²) in [5.74, 6) is 1.81. The van der Waals surface area contributed by atoms with Crippen molar-refractivity contribution in [3.8, 4) is 11.5 Å². The number of rotatable bonds is 12. The number of nitrogens with two attached hydrogens (primary N) is 1. The minimum absolute atomic E-state index is 0.00364. The molecule has 0 radical (unpaired) electrons. The molecule has 0 amide bonds. The van der Waals surface area contributed by atoms with Gasteiger partial charge < -0.3 is 30.1 Å². The smallest absolute Gasteiger partial charge is 0.274 e. The Morgan fingerprint density at radius 2 is 1.82 bits per heavy atom. The van der Waals surface area contributed by atoms with Crippen molar-refractivity contribution in [3.05, 3.63) is 81.8 Å². The van der Waals surface area contributed by atoms with Crippen LogP contribution in [-0.4, -0.2) is 65.8 Å². The van der Waals surface area contributed by atoms with Crippen molar-refractivity contribution in [2.45, 2.75) is 57.1 Å². The van der Waals surface area contributed by atoms with E-state index in [0.29, 0.717) is 50.8 Å². The van der Waals surface area contributed by atoms with Crippen LogP contribution in [0.3, 0.4) is 0 Å². The van der Waals surface area contributed by atoms with Crippen molar-refractivity contribution in [3.63, 3.8) is 0 Å². The molecule has 9 nitrogen and oxygen atoms in total. The van der Waals surface area contributed by atoms with E-state index in [4.69, 9.17) is 15.2 Å². The number of aryl methyl sites for hydroxylation is 1. The van der Waals surface area contributed by atoms with Gasteiger partial charge in [0.05, 0.1) is 10.5 Å². The van der Waals surface area contributed by atoms with Gasteiger partial charge in [-0.3, -0.25) is 10.1 Å². The summed E-state index contributed by atoms with van der Waals surface area (Å²) in [5.41, 5.74) is 6.72. The highest BCUT2D eigenvalue weighted by molar-refractivity contribution is 5.44. The van der Waals surface area contributed by atoms with Crippen LogP contribution in [0.2, 0.25) is 0 Å². The van der Waals surface area contributed by atoms with Gasteiger partial charge in [0.15, 0.2) is 5.82 Å². The highest BCUT2D eigenvalue weighted by Crippen LogP contribution is 2.45. The molecular weight excluding hydrogens is 496 g/mol. The summed E-state index contributed by atoms with van der Waals surface area (Å²) in [7, 11) is 1.68. The molecule has 2 aliphatic heterocycles. The molecule has 0 unspecified atom stereocenters. The number of likely N-dealkylation sites (tertiary alicyclic amines) is 2. The summed E-state index contributed by atoms with van der Waals surface area (Å²) < 4.78 is 11.7. The van der Waals surface area contributed by atoms with Gasteiger partial charge in [0, 0.05) is 57.4 Å². The molecule has 0 spiro atoms. The Morgan fingerprint density at radius 3 is 2.51 bits per heavy atom. The second-order valence-corrected chi connectivity index (χ2v) is 10.8. The minimum atomic E-state index is -1.19. The molecule has 3 atom stereocenters. The number of unbranched alkanes of at least 4 members (excludes halogenated alkanes) is 1. The van der Waals surface area contributed by atoms with Crippen LogP contribution in [0.1, 0.15) is 49.7 Å². The van der Waals surface area contributed by atoms with E-state index >= 15 is 0 Å². The maximum atomic E-state index is 12.6. The molecule has 0 aliphatic carbocycles. The monoisotopic (exact) mass is 538 g/mol. The van der Waals surface area contributed by atoms with Crippen molar-refractivity contribution >= 4 is 0 Å². The van der Waals surface area contributed by atoms with Crippen molar-refractivity contribution < 1.29 is 19.5 Å². The van der Waals surface area contributed by atoms with Gasteiger partial charge in [-0.25, -0.2) is 0 Å². The summed E-state index contributed by atoms with van der Waals surface area (Å²) in [6.07, 6.45) is 5.67. The number of para-hydroxylation sites is 2. The molecule has 0 bridgehead atoms. The Morgan fingerprint density at radius 1 is 1.10 bits per heavy atom. The summed E-state index contributed by atoms with van der Waals surface area (Å²) >= 11 is 0. The first-order chi connectivity index (χ1) is 18.8. The van der Waals surface area contributed by atoms with Crippen LogP contribution in [0.25, 0.3) is 0 Å². The van der Waals surface area contributed by atoms with E-state index in [2.05, 4.69) is 4.90 Å². The average Bonchev–Trinajstić information content (AvgIpc) is 3.37. The predicted molar refractivity (Wildman–Crippen MR) is 151 cm³/mol. The first-order valence-corrected chi connectivity index (χ1v) is 14.0. The molecule has 2 heterocycles. The molecule has 2 aromatic carbocycles. The number of piperidine rings is 1. The molecule has 2 aromatic rings. The van der Waals surface area contributed by atoms with Crippen molar-refractivity contribution in [1.82, 2.24) is 9.80 Å². The fraction of sp³-hybridized carbons (Fsp3) is 0.533. The maximum absolute atomic E-state index is 12.6. The lowest BCUT2D eigenvalue weighted by Gasteiger charge is -2.45. The maximum Gasteiger partial charge on any atom is 0.274 e. The van der Waals surface area contributed by atoms with E-state index in [-0.39, 0.29) is 16.9 Å². The normalized spacial score (nSPS) is 21.6. The number of benzene rings is 2. The standard InChI is InChI=1S/C30H42N4O5/c1-23-10-3-5-13-27(23)39-28-14-6-4-12-26(28)30(35,16-7-8-19-38-2)24-11-9-17-32(20-24)29(22-34(36)37)33-18-15-25(31)21-33/h3-6,10,12-14,22,24-25,35H,7-9,11,15-21,31H2,1-2H3/t24-,25-,30+/m1/s1. The Hall–Kier alpha value is -3.14. The van der Waals surface area contributed by atoms with Gasteiger partial charge in [0.1, 0.15) is 11.5 Å². The van der Waals surface area contributed by atoms with Gasteiger partial charge in [0.25, 0.3) is 6.20 Å². The summed E-state index contributed by atoms with van der Waals surface area (Å²) in [4.78, 5) is 15.3. The first-order valence-electron chi connectivity index (χ1n) is 14.0. The minimum Gasteiger partial charge on any atom is -0.457 e. The Bertz CT molecular complexity index is 1140. The van der Waals surface area contributed by atoms with Crippen LogP contribution < -0.4 is 10.5 Å². The highest BCUT2D eigenvalue weighted by atomic mass is 16.6. The fourth-order valence-electron chi connectivity index (χ4n) is 5.93. The molecule has 4 rings (SSSR count). The van der Waals surface area contributed by atoms with Gasteiger partial charge in [-0.05, 0) is 63.1 Å². The van der Waals surface area contributed by atoms with Crippen LogP contribution in [0.4, 0.5) is 0 Å². The van der Waals surface area contributed by atoms with Crippen LogP contribution in [0.15, 0.2) is 60.6 Å². The van der Waals surface area contributed by atoms with Crippen molar-refractivity contribution in [1.29, 1.82) is 0 Å². The van der Waals surface area contributed by atoms with Crippen LogP contribution in [0.5, 0.6) is 11.5 Å².